The van der Waals surface area contributed by atoms with E-state index in [0.29, 0.717) is 23.4 Å². The molecule has 0 saturated carbocycles. The fourth-order valence-corrected chi connectivity index (χ4v) is 5.31. The van der Waals surface area contributed by atoms with E-state index >= 15 is 0 Å². The van der Waals surface area contributed by atoms with Crippen LogP contribution in [-0.2, 0) is 35.3 Å². The highest BCUT2D eigenvalue weighted by atomic mass is 19.1. The lowest BCUT2D eigenvalue weighted by atomic mass is 9.97. The van der Waals surface area contributed by atoms with Crippen LogP contribution in [0.5, 0.6) is 5.75 Å². The molecule has 5 rings (SSSR count). The van der Waals surface area contributed by atoms with Crippen molar-refractivity contribution < 1.29 is 18.7 Å². The molecule has 0 spiro atoms. The van der Waals surface area contributed by atoms with Gasteiger partial charge in [-0.15, -0.1) is 0 Å². The summed E-state index contributed by atoms with van der Waals surface area (Å²) in [7, 11) is 3.26. The number of aryl methyl sites for hydroxylation is 3. The molecule has 4 aromatic rings. The number of likely N-dealkylation sites (N-methyl/N-ethyl adjacent to an activating group) is 1. The first-order chi connectivity index (χ1) is 18.4. The molecule has 3 aromatic carbocycles. The monoisotopic (exact) mass is 513 g/mol. The SMILES string of the molecule is COc1ccc(N(C)C(=O)C2Cc3cc(F)cc(c3)CCCc3[nH]c4ccccc4c3CCC(=O)N2)cc1. The van der Waals surface area contributed by atoms with Crippen molar-refractivity contribution in [1.29, 1.82) is 0 Å². The van der Waals surface area contributed by atoms with Crippen LogP contribution in [0.3, 0.4) is 0 Å². The summed E-state index contributed by atoms with van der Waals surface area (Å²) in [4.78, 5) is 31.9. The third-order valence-electron chi connectivity index (χ3n) is 7.28. The molecule has 2 heterocycles. The molecule has 38 heavy (non-hydrogen) atoms. The van der Waals surface area contributed by atoms with Crippen LogP contribution >= 0.6 is 0 Å². The number of rotatable bonds is 3. The van der Waals surface area contributed by atoms with Gasteiger partial charge in [-0.25, -0.2) is 4.39 Å². The van der Waals surface area contributed by atoms with E-state index in [-0.39, 0.29) is 30.5 Å². The maximum Gasteiger partial charge on any atom is 0.249 e. The number of benzene rings is 3. The molecule has 2 amide bonds. The molecule has 0 aliphatic carbocycles. The average molecular weight is 514 g/mol. The molecule has 2 bridgehead atoms. The van der Waals surface area contributed by atoms with Crippen molar-refractivity contribution in [2.24, 2.45) is 0 Å². The second-order valence-corrected chi connectivity index (χ2v) is 9.87. The number of amides is 2. The van der Waals surface area contributed by atoms with Gasteiger partial charge in [0.05, 0.1) is 7.11 Å². The van der Waals surface area contributed by atoms with Crippen molar-refractivity contribution in [1.82, 2.24) is 10.3 Å². The number of H-pyrrole nitrogens is 1. The van der Waals surface area contributed by atoms with Crippen LogP contribution in [0.2, 0.25) is 0 Å². The van der Waals surface area contributed by atoms with Gasteiger partial charge >= 0.3 is 0 Å². The number of hydrogen-bond acceptors (Lipinski definition) is 3. The Morgan fingerprint density at radius 1 is 0.974 bits per heavy atom. The molecule has 196 valence electrons. The molecule has 1 atom stereocenters. The van der Waals surface area contributed by atoms with E-state index in [9.17, 15) is 14.0 Å². The summed E-state index contributed by atoms with van der Waals surface area (Å²) in [5.41, 5.74) is 5.53. The van der Waals surface area contributed by atoms with Crippen molar-refractivity contribution in [2.75, 3.05) is 19.1 Å². The number of methoxy groups -OCH3 is 1. The van der Waals surface area contributed by atoms with Crippen LogP contribution in [0, 0.1) is 5.82 Å². The van der Waals surface area contributed by atoms with Crippen LogP contribution in [0.25, 0.3) is 10.9 Å². The minimum atomic E-state index is -0.838. The Morgan fingerprint density at radius 2 is 1.74 bits per heavy atom. The Morgan fingerprint density at radius 3 is 2.53 bits per heavy atom. The zero-order valence-corrected chi connectivity index (χ0v) is 21.7. The van der Waals surface area contributed by atoms with Gasteiger partial charge in [-0.3, -0.25) is 9.59 Å². The van der Waals surface area contributed by atoms with Gasteiger partial charge in [0, 0.05) is 42.2 Å². The number of nitrogens with one attached hydrogen (secondary N) is 2. The van der Waals surface area contributed by atoms with Crippen molar-refractivity contribution in [2.45, 2.75) is 44.6 Å². The summed E-state index contributed by atoms with van der Waals surface area (Å²) in [5, 5.41) is 4.07. The van der Waals surface area contributed by atoms with Gasteiger partial charge in [0.15, 0.2) is 0 Å². The minimum absolute atomic E-state index is 0.203. The molecule has 0 fully saturated rings. The van der Waals surface area contributed by atoms with E-state index in [1.165, 1.54) is 11.0 Å². The van der Waals surface area contributed by atoms with Gasteiger partial charge in [-0.1, -0.05) is 24.3 Å². The van der Waals surface area contributed by atoms with E-state index in [1.807, 2.05) is 24.3 Å². The predicted molar refractivity (Wildman–Crippen MR) is 147 cm³/mol. The number of aromatic nitrogens is 1. The second-order valence-electron chi connectivity index (χ2n) is 9.87. The maximum absolute atomic E-state index is 14.6. The van der Waals surface area contributed by atoms with Crippen molar-refractivity contribution in [3.63, 3.8) is 0 Å². The van der Waals surface area contributed by atoms with Gasteiger partial charge in [0.1, 0.15) is 17.6 Å². The van der Waals surface area contributed by atoms with Gasteiger partial charge in [-0.05, 0) is 84.8 Å². The Balaban J connectivity index is 1.46. The molecule has 7 heteroatoms. The summed E-state index contributed by atoms with van der Waals surface area (Å²) in [6.45, 7) is 0. The summed E-state index contributed by atoms with van der Waals surface area (Å²) in [5.74, 6) is -0.132. The number of halogens is 1. The number of hydrogen-bond donors (Lipinski definition) is 2. The summed E-state index contributed by atoms with van der Waals surface area (Å²) >= 11 is 0. The molecule has 1 aromatic heterocycles. The minimum Gasteiger partial charge on any atom is -0.497 e. The third-order valence-corrected chi connectivity index (χ3v) is 7.28. The van der Waals surface area contributed by atoms with Crippen LogP contribution in [-0.4, -0.2) is 37.0 Å². The quantitative estimate of drug-likeness (QED) is 0.399. The number of ether oxygens (including phenoxy) is 1. The summed E-state index contributed by atoms with van der Waals surface area (Å²) in [6, 6.07) is 19.4. The van der Waals surface area contributed by atoms with Gasteiger partial charge in [-0.2, -0.15) is 0 Å². The number of nitrogens with zero attached hydrogens (tertiary/aromatic N) is 1. The molecule has 1 unspecified atom stereocenters. The Bertz CT molecular complexity index is 1460. The number of anilines is 1. The van der Waals surface area contributed by atoms with E-state index < -0.39 is 6.04 Å². The van der Waals surface area contributed by atoms with Crippen molar-refractivity contribution >= 4 is 28.4 Å². The smallest absolute Gasteiger partial charge is 0.249 e. The first kappa shape index (κ1) is 25.5. The molecular weight excluding hydrogens is 481 g/mol. The molecule has 1 aliphatic heterocycles. The molecule has 0 saturated heterocycles. The standard InChI is InChI=1S/C31H32FN3O3/c1-35(23-10-12-24(38-2)13-11-23)31(37)29-19-21-16-20(17-22(32)18-21)6-5-9-28-26(14-15-30(36)34-29)25-7-3-4-8-27(25)33-28/h3-4,7-8,10-13,16-18,29,33H,5-6,9,14-15,19H2,1-2H3,(H,34,36). The van der Waals surface area contributed by atoms with Gasteiger partial charge < -0.3 is 19.9 Å². The van der Waals surface area contributed by atoms with Crippen molar-refractivity contribution in [3.8, 4) is 5.75 Å². The molecular formula is C31H32FN3O3. The molecule has 1 aliphatic rings. The summed E-state index contributed by atoms with van der Waals surface area (Å²) in [6.07, 6.45) is 3.40. The Hall–Kier alpha value is -4.13. The predicted octanol–water partition coefficient (Wildman–Crippen LogP) is 5.13. The zero-order valence-electron chi connectivity index (χ0n) is 21.7. The fraction of sp³-hybridized carbons (Fsp3) is 0.290. The number of carbonyl (C=O) groups excluding carboxylic acids is 2. The number of para-hydroxylation sites is 1. The van der Waals surface area contributed by atoms with Crippen LogP contribution in [0.1, 0.15) is 35.2 Å². The third kappa shape index (κ3) is 5.57. The van der Waals surface area contributed by atoms with Crippen LogP contribution in [0.15, 0.2) is 66.7 Å². The summed E-state index contributed by atoms with van der Waals surface area (Å²) < 4.78 is 19.8. The van der Waals surface area contributed by atoms with Gasteiger partial charge in [0.25, 0.3) is 0 Å². The Labute approximate surface area is 221 Å². The highest BCUT2D eigenvalue weighted by Crippen LogP contribution is 2.26. The number of aromatic amines is 1. The molecule has 2 N–H and O–H groups in total. The molecule has 0 radical (unpaired) electrons. The lowest BCUT2D eigenvalue weighted by Crippen LogP contribution is -2.48. The maximum atomic E-state index is 14.6. The van der Waals surface area contributed by atoms with E-state index in [1.54, 1.807) is 44.5 Å². The normalized spacial score (nSPS) is 16.3. The Kier molecular flexibility index (Phi) is 7.45. The fourth-order valence-electron chi connectivity index (χ4n) is 5.31. The van der Waals surface area contributed by atoms with E-state index in [4.69, 9.17) is 4.74 Å². The lowest BCUT2D eigenvalue weighted by molar-refractivity contribution is -0.127. The highest BCUT2D eigenvalue weighted by molar-refractivity contribution is 5.99. The van der Waals surface area contributed by atoms with Crippen molar-refractivity contribution in [3.05, 3.63) is 94.9 Å². The van der Waals surface area contributed by atoms with E-state index in [2.05, 4.69) is 16.4 Å². The molecule has 6 nitrogen and oxygen atoms in total. The van der Waals surface area contributed by atoms with Crippen LogP contribution in [0.4, 0.5) is 10.1 Å². The van der Waals surface area contributed by atoms with Crippen LogP contribution < -0.4 is 15.0 Å². The highest BCUT2D eigenvalue weighted by Gasteiger charge is 2.26. The topological polar surface area (TPSA) is 74.4 Å². The second kappa shape index (κ2) is 11.1. The first-order valence-corrected chi connectivity index (χ1v) is 13.0. The van der Waals surface area contributed by atoms with Gasteiger partial charge in [0.2, 0.25) is 11.8 Å². The zero-order chi connectivity index (χ0) is 26.6. The average Bonchev–Trinajstić information content (AvgIpc) is 3.27. The number of fused-ring (bicyclic) bond motifs is 5. The lowest BCUT2D eigenvalue weighted by Gasteiger charge is -2.25. The van der Waals surface area contributed by atoms with E-state index in [0.717, 1.165) is 47.0 Å². The largest absolute Gasteiger partial charge is 0.497 e. The number of carbonyl (C=O) groups is 2. The first-order valence-electron chi connectivity index (χ1n) is 13.0.